The monoisotopic (exact) mass is 304 g/mol. The average molecular weight is 305 g/mol. The lowest BCUT2D eigenvalue weighted by atomic mass is 10.1. The van der Waals surface area contributed by atoms with E-state index >= 15 is 0 Å². The van der Waals surface area contributed by atoms with Gasteiger partial charge in [0.05, 0.1) is 0 Å². The van der Waals surface area contributed by atoms with Crippen LogP contribution in [-0.2, 0) is 6.54 Å². The fraction of sp³-hybridized carbons (Fsp3) is 0.267. The third kappa shape index (κ3) is 3.40. The highest BCUT2D eigenvalue weighted by Crippen LogP contribution is 2.27. The summed E-state index contributed by atoms with van der Waals surface area (Å²) in [5.41, 5.74) is 3.55. The topological polar surface area (TPSA) is 24.9 Å². The largest absolute Gasteiger partial charge is 0.313 e. The molecule has 0 fully saturated rings. The van der Waals surface area contributed by atoms with E-state index in [1.54, 1.807) is 0 Å². The van der Waals surface area contributed by atoms with E-state index in [4.69, 9.17) is 0 Å². The van der Waals surface area contributed by atoms with Crippen LogP contribution in [0, 0.1) is 0 Å². The van der Waals surface area contributed by atoms with Crippen LogP contribution in [0.3, 0.4) is 0 Å². The molecule has 3 heteroatoms. The predicted octanol–water partition coefficient (Wildman–Crippen LogP) is 4.01. The van der Waals surface area contributed by atoms with Gasteiger partial charge >= 0.3 is 0 Å². The Labute approximate surface area is 117 Å². The molecule has 0 bridgehead atoms. The first kappa shape index (κ1) is 13.2. The number of rotatable bonds is 5. The summed E-state index contributed by atoms with van der Waals surface area (Å²) in [5.74, 6) is 0. The lowest BCUT2D eigenvalue weighted by molar-refractivity contribution is 0.674. The molecule has 18 heavy (non-hydrogen) atoms. The molecule has 1 N–H and O–H groups in total. The van der Waals surface area contributed by atoms with E-state index in [0.29, 0.717) is 0 Å². The van der Waals surface area contributed by atoms with Gasteiger partial charge in [-0.1, -0.05) is 41.1 Å². The van der Waals surface area contributed by atoms with Crippen LogP contribution in [0.15, 0.2) is 47.2 Å². The Bertz CT molecular complexity index is 511. The highest BCUT2D eigenvalue weighted by Gasteiger charge is 2.03. The molecule has 0 aliphatic heterocycles. The van der Waals surface area contributed by atoms with E-state index in [0.717, 1.165) is 29.5 Å². The van der Waals surface area contributed by atoms with Gasteiger partial charge in [-0.2, -0.15) is 0 Å². The van der Waals surface area contributed by atoms with Gasteiger partial charge in [-0.15, -0.1) is 0 Å². The van der Waals surface area contributed by atoms with Gasteiger partial charge in [-0.25, -0.2) is 0 Å². The Morgan fingerprint density at radius 1 is 1.22 bits per heavy atom. The Morgan fingerprint density at radius 3 is 2.83 bits per heavy atom. The molecule has 0 saturated carbocycles. The van der Waals surface area contributed by atoms with Crippen molar-refractivity contribution in [1.82, 2.24) is 10.3 Å². The van der Waals surface area contributed by atoms with Crippen LogP contribution in [0.4, 0.5) is 0 Å². The van der Waals surface area contributed by atoms with Crippen molar-refractivity contribution in [2.24, 2.45) is 0 Å². The molecule has 0 unspecified atom stereocenters. The minimum atomic E-state index is 0.874. The molecule has 0 saturated heterocycles. The summed E-state index contributed by atoms with van der Waals surface area (Å²) in [6.07, 6.45) is 4.98. The molecule has 0 spiro atoms. The third-order valence-electron chi connectivity index (χ3n) is 2.74. The van der Waals surface area contributed by atoms with Crippen molar-refractivity contribution in [3.8, 4) is 11.1 Å². The highest BCUT2D eigenvalue weighted by molar-refractivity contribution is 9.10. The van der Waals surface area contributed by atoms with Crippen molar-refractivity contribution in [2.45, 2.75) is 19.9 Å². The first-order valence-electron chi connectivity index (χ1n) is 6.21. The molecule has 1 heterocycles. The van der Waals surface area contributed by atoms with Crippen molar-refractivity contribution < 1.29 is 0 Å². The SMILES string of the molecule is CCCNCc1cncc(-c2ccccc2Br)c1. The quantitative estimate of drug-likeness (QED) is 0.844. The summed E-state index contributed by atoms with van der Waals surface area (Å²) in [6, 6.07) is 10.4. The Morgan fingerprint density at radius 2 is 2.06 bits per heavy atom. The molecule has 1 aromatic heterocycles. The van der Waals surface area contributed by atoms with E-state index in [9.17, 15) is 0 Å². The Kier molecular flexibility index (Phi) is 4.90. The van der Waals surface area contributed by atoms with Gasteiger partial charge in [-0.3, -0.25) is 4.98 Å². The van der Waals surface area contributed by atoms with E-state index in [2.05, 4.69) is 51.4 Å². The number of aromatic nitrogens is 1. The minimum absolute atomic E-state index is 0.874. The van der Waals surface area contributed by atoms with Crippen molar-refractivity contribution in [3.63, 3.8) is 0 Å². The standard InChI is InChI=1S/C15H17BrN2/c1-2-7-17-9-12-8-13(11-18-10-12)14-5-3-4-6-15(14)16/h3-6,8,10-11,17H,2,7,9H2,1H3. The molecule has 0 amide bonds. The zero-order chi connectivity index (χ0) is 12.8. The van der Waals surface area contributed by atoms with Crippen LogP contribution in [0.2, 0.25) is 0 Å². The molecule has 2 nitrogen and oxygen atoms in total. The molecule has 0 aliphatic carbocycles. The maximum Gasteiger partial charge on any atom is 0.0346 e. The lowest BCUT2D eigenvalue weighted by Gasteiger charge is -2.07. The zero-order valence-corrected chi connectivity index (χ0v) is 12.1. The molecule has 2 rings (SSSR count). The average Bonchev–Trinajstić information content (AvgIpc) is 2.40. The van der Waals surface area contributed by atoms with Gasteiger partial charge in [0.2, 0.25) is 0 Å². The van der Waals surface area contributed by atoms with Gasteiger partial charge in [0.1, 0.15) is 0 Å². The van der Waals surface area contributed by atoms with Crippen LogP contribution >= 0.6 is 15.9 Å². The van der Waals surface area contributed by atoms with Crippen molar-refractivity contribution >= 4 is 15.9 Å². The third-order valence-corrected chi connectivity index (χ3v) is 3.43. The van der Waals surface area contributed by atoms with E-state index in [1.165, 1.54) is 11.1 Å². The fourth-order valence-electron chi connectivity index (χ4n) is 1.84. The van der Waals surface area contributed by atoms with Crippen molar-refractivity contribution in [1.29, 1.82) is 0 Å². The summed E-state index contributed by atoms with van der Waals surface area (Å²) >= 11 is 3.58. The second-order valence-corrected chi connectivity index (χ2v) is 5.09. The predicted molar refractivity (Wildman–Crippen MR) is 79.4 cm³/mol. The second kappa shape index (κ2) is 6.66. The van der Waals surface area contributed by atoms with E-state index in [1.807, 2.05) is 24.5 Å². The molecular weight excluding hydrogens is 288 g/mol. The maximum atomic E-state index is 4.32. The van der Waals surface area contributed by atoms with Gasteiger partial charge in [0, 0.05) is 29.0 Å². The maximum absolute atomic E-state index is 4.32. The number of halogens is 1. The van der Waals surface area contributed by atoms with Crippen molar-refractivity contribution in [3.05, 3.63) is 52.8 Å². The molecule has 2 aromatic rings. The number of hydrogen-bond acceptors (Lipinski definition) is 2. The number of nitrogens with one attached hydrogen (secondary N) is 1. The molecule has 0 atom stereocenters. The molecule has 94 valence electrons. The highest BCUT2D eigenvalue weighted by atomic mass is 79.9. The first-order chi connectivity index (χ1) is 8.81. The van der Waals surface area contributed by atoms with Crippen LogP contribution in [0.5, 0.6) is 0 Å². The first-order valence-corrected chi connectivity index (χ1v) is 7.00. The van der Waals surface area contributed by atoms with E-state index in [-0.39, 0.29) is 0 Å². The van der Waals surface area contributed by atoms with Crippen LogP contribution in [0.1, 0.15) is 18.9 Å². The zero-order valence-electron chi connectivity index (χ0n) is 10.5. The molecule has 1 aromatic carbocycles. The Balaban J connectivity index is 2.19. The number of benzene rings is 1. The van der Waals surface area contributed by atoms with Gasteiger partial charge < -0.3 is 5.32 Å². The number of nitrogens with zero attached hydrogens (tertiary/aromatic N) is 1. The summed E-state index contributed by atoms with van der Waals surface area (Å²) < 4.78 is 1.10. The molecule has 0 aliphatic rings. The molecular formula is C15H17BrN2. The molecule has 0 radical (unpaired) electrons. The lowest BCUT2D eigenvalue weighted by Crippen LogP contribution is -2.13. The summed E-state index contributed by atoms with van der Waals surface area (Å²) in [7, 11) is 0. The van der Waals surface area contributed by atoms with Gasteiger partial charge in [-0.05, 0) is 36.2 Å². The van der Waals surface area contributed by atoms with E-state index < -0.39 is 0 Å². The van der Waals surface area contributed by atoms with Gasteiger partial charge in [0.25, 0.3) is 0 Å². The Hall–Kier alpha value is -1.19. The second-order valence-electron chi connectivity index (χ2n) is 4.24. The number of pyridine rings is 1. The fourth-order valence-corrected chi connectivity index (χ4v) is 2.35. The number of hydrogen-bond donors (Lipinski definition) is 1. The van der Waals surface area contributed by atoms with Crippen LogP contribution < -0.4 is 5.32 Å². The van der Waals surface area contributed by atoms with Gasteiger partial charge in [0.15, 0.2) is 0 Å². The van der Waals surface area contributed by atoms with Crippen LogP contribution in [-0.4, -0.2) is 11.5 Å². The summed E-state index contributed by atoms with van der Waals surface area (Å²) in [5, 5.41) is 3.39. The van der Waals surface area contributed by atoms with Crippen molar-refractivity contribution in [2.75, 3.05) is 6.54 Å². The summed E-state index contributed by atoms with van der Waals surface area (Å²) in [6.45, 7) is 4.08. The minimum Gasteiger partial charge on any atom is -0.313 e. The van der Waals surface area contributed by atoms with Crippen LogP contribution in [0.25, 0.3) is 11.1 Å². The summed E-state index contributed by atoms with van der Waals surface area (Å²) in [4.78, 5) is 4.32. The normalized spacial score (nSPS) is 10.6. The smallest absolute Gasteiger partial charge is 0.0346 e.